The third-order valence-electron chi connectivity index (χ3n) is 4.37. The number of aryl methyl sites for hydroxylation is 1. The molecule has 1 unspecified atom stereocenters. The molecular weight excluding hydrogens is 335 g/mol. The predicted molar refractivity (Wildman–Crippen MR) is 100 cm³/mol. The van der Waals surface area contributed by atoms with Crippen molar-refractivity contribution in [3.63, 3.8) is 0 Å². The lowest BCUT2D eigenvalue weighted by Crippen LogP contribution is -2.30. The van der Waals surface area contributed by atoms with Crippen molar-refractivity contribution < 1.29 is 13.9 Å². The molecule has 7 heteroatoms. The van der Waals surface area contributed by atoms with E-state index < -0.39 is 12.1 Å². The molecule has 2 rings (SSSR count). The molecule has 0 saturated carbocycles. The van der Waals surface area contributed by atoms with Crippen LogP contribution in [0.15, 0.2) is 30.3 Å². The van der Waals surface area contributed by atoms with Crippen molar-refractivity contribution in [2.75, 3.05) is 38.8 Å². The summed E-state index contributed by atoms with van der Waals surface area (Å²) < 4.78 is 21.7. The minimum Gasteiger partial charge on any atom is -0.383 e. The number of nitrogens with one attached hydrogen (secondary N) is 1. The van der Waals surface area contributed by atoms with E-state index in [1.54, 1.807) is 44.8 Å². The number of carbonyl (C=O) groups is 1. The third kappa shape index (κ3) is 4.68. The van der Waals surface area contributed by atoms with Crippen molar-refractivity contribution in [2.24, 2.45) is 0 Å². The minimum atomic E-state index is -1.74. The van der Waals surface area contributed by atoms with Gasteiger partial charge in [-0.3, -0.25) is 9.48 Å². The highest BCUT2D eigenvalue weighted by atomic mass is 19.1. The van der Waals surface area contributed by atoms with Crippen molar-refractivity contribution in [1.82, 2.24) is 15.1 Å². The molecule has 2 aromatic rings. The molecule has 0 spiro atoms. The van der Waals surface area contributed by atoms with Crippen LogP contribution in [-0.2, 0) is 16.1 Å². The Morgan fingerprint density at radius 3 is 2.65 bits per heavy atom. The molecule has 0 fully saturated rings. The van der Waals surface area contributed by atoms with Gasteiger partial charge in [0.25, 0.3) is 5.91 Å². The lowest BCUT2D eigenvalue weighted by Gasteiger charge is -2.20. The fourth-order valence-corrected chi connectivity index (χ4v) is 2.85. The minimum absolute atomic E-state index is 0.356. The van der Waals surface area contributed by atoms with Crippen molar-refractivity contribution >= 4 is 11.6 Å². The number of para-hydroxylation sites is 1. The summed E-state index contributed by atoms with van der Waals surface area (Å²) in [5, 5.41) is 7.63. The molecule has 1 N–H and O–H groups in total. The van der Waals surface area contributed by atoms with Crippen LogP contribution in [0.4, 0.5) is 10.1 Å². The molecule has 0 radical (unpaired) electrons. The lowest BCUT2D eigenvalue weighted by atomic mass is 10.1. The first kappa shape index (κ1) is 20.1. The van der Waals surface area contributed by atoms with E-state index in [1.807, 2.05) is 18.2 Å². The molecule has 1 atom stereocenters. The summed E-state index contributed by atoms with van der Waals surface area (Å²) in [6.07, 6.45) is -1.74. The van der Waals surface area contributed by atoms with Crippen LogP contribution < -0.4 is 10.2 Å². The SMILES string of the molecule is COCCNCCn1nc(C)c(C(F)C(=O)N(C)c2ccccc2)c1C. The fraction of sp³-hybridized carbons (Fsp3) is 0.474. The second kappa shape index (κ2) is 9.45. The zero-order valence-corrected chi connectivity index (χ0v) is 15.8. The molecule has 1 amide bonds. The van der Waals surface area contributed by atoms with E-state index in [0.717, 1.165) is 6.54 Å². The number of halogens is 1. The fourth-order valence-electron chi connectivity index (χ4n) is 2.85. The molecular formula is C19H27FN4O2. The van der Waals surface area contributed by atoms with Crippen LogP contribution in [0.3, 0.4) is 0 Å². The number of nitrogens with zero attached hydrogens (tertiary/aromatic N) is 3. The van der Waals surface area contributed by atoms with E-state index in [-0.39, 0.29) is 0 Å². The summed E-state index contributed by atoms with van der Waals surface area (Å²) in [4.78, 5) is 13.9. The van der Waals surface area contributed by atoms with E-state index in [1.165, 1.54) is 4.90 Å². The predicted octanol–water partition coefficient (Wildman–Crippen LogP) is 2.41. The summed E-state index contributed by atoms with van der Waals surface area (Å²) in [7, 11) is 3.24. The molecule has 0 aliphatic heterocycles. The van der Waals surface area contributed by atoms with Crippen LogP contribution in [0.25, 0.3) is 0 Å². The molecule has 1 aromatic heterocycles. The van der Waals surface area contributed by atoms with Gasteiger partial charge in [-0.1, -0.05) is 18.2 Å². The summed E-state index contributed by atoms with van der Waals surface area (Å²) in [6.45, 7) is 6.21. The van der Waals surface area contributed by atoms with Gasteiger partial charge in [0, 0.05) is 44.2 Å². The Balaban J connectivity index is 2.08. The number of ether oxygens (including phenoxy) is 1. The summed E-state index contributed by atoms with van der Waals surface area (Å²) in [5.41, 5.74) is 2.24. The number of carbonyl (C=O) groups excluding carboxylic acids is 1. The van der Waals surface area contributed by atoms with Gasteiger partial charge in [0.05, 0.1) is 18.8 Å². The highest BCUT2D eigenvalue weighted by Crippen LogP contribution is 2.28. The summed E-state index contributed by atoms with van der Waals surface area (Å²) in [6, 6.07) is 9.04. The monoisotopic (exact) mass is 362 g/mol. The Labute approximate surface area is 153 Å². The summed E-state index contributed by atoms with van der Waals surface area (Å²) in [5.74, 6) is -0.597. The van der Waals surface area contributed by atoms with Crippen LogP contribution in [0.5, 0.6) is 0 Å². The van der Waals surface area contributed by atoms with Gasteiger partial charge in [0.2, 0.25) is 6.17 Å². The first-order valence-corrected chi connectivity index (χ1v) is 8.67. The second-order valence-electron chi connectivity index (χ2n) is 6.15. The first-order chi connectivity index (χ1) is 12.5. The Morgan fingerprint density at radius 2 is 2.00 bits per heavy atom. The van der Waals surface area contributed by atoms with E-state index in [9.17, 15) is 4.79 Å². The zero-order chi connectivity index (χ0) is 19.1. The average molecular weight is 362 g/mol. The maximum absolute atomic E-state index is 15.0. The van der Waals surface area contributed by atoms with E-state index in [0.29, 0.717) is 42.3 Å². The van der Waals surface area contributed by atoms with Gasteiger partial charge in [-0.15, -0.1) is 0 Å². The van der Waals surface area contributed by atoms with Gasteiger partial charge >= 0.3 is 0 Å². The summed E-state index contributed by atoms with van der Waals surface area (Å²) >= 11 is 0. The van der Waals surface area contributed by atoms with Crippen molar-refractivity contribution in [2.45, 2.75) is 26.6 Å². The van der Waals surface area contributed by atoms with E-state index in [2.05, 4.69) is 10.4 Å². The van der Waals surface area contributed by atoms with Gasteiger partial charge in [-0.2, -0.15) is 5.10 Å². The highest BCUT2D eigenvalue weighted by Gasteiger charge is 2.29. The molecule has 1 aromatic carbocycles. The van der Waals surface area contributed by atoms with Crippen LogP contribution in [0.1, 0.15) is 23.1 Å². The van der Waals surface area contributed by atoms with Crippen LogP contribution in [0.2, 0.25) is 0 Å². The van der Waals surface area contributed by atoms with Crippen LogP contribution in [0, 0.1) is 13.8 Å². The number of anilines is 1. The van der Waals surface area contributed by atoms with Gasteiger partial charge in [-0.05, 0) is 26.0 Å². The number of likely N-dealkylation sites (N-methyl/N-ethyl adjacent to an activating group) is 1. The van der Waals surface area contributed by atoms with Crippen molar-refractivity contribution in [3.05, 3.63) is 47.3 Å². The Hall–Kier alpha value is -2.25. The third-order valence-corrected chi connectivity index (χ3v) is 4.37. The molecule has 0 aliphatic rings. The van der Waals surface area contributed by atoms with Crippen molar-refractivity contribution in [3.8, 4) is 0 Å². The topological polar surface area (TPSA) is 59.4 Å². The average Bonchev–Trinajstić information content (AvgIpc) is 2.94. The van der Waals surface area contributed by atoms with Gasteiger partial charge in [0.1, 0.15) is 0 Å². The van der Waals surface area contributed by atoms with Gasteiger partial charge in [-0.25, -0.2) is 4.39 Å². The van der Waals surface area contributed by atoms with Crippen molar-refractivity contribution in [1.29, 1.82) is 0 Å². The number of hydrogen-bond donors (Lipinski definition) is 1. The maximum Gasteiger partial charge on any atom is 0.266 e. The molecule has 1 heterocycles. The van der Waals surface area contributed by atoms with E-state index >= 15 is 4.39 Å². The number of amides is 1. The Morgan fingerprint density at radius 1 is 1.31 bits per heavy atom. The first-order valence-electron chi connectivity index (χ1n) is 8.67. The quantitative estimate of drug-likeness (QED) is 0.696. The van der Waals surface area contributed by atoms with Gasteiger partial charge in [0.15, 0.2) is 0 Å². The van der Waals surface area contributed by atoms with Crippen LogP contribution in [-0.4, -0.2) is 49.5 Å². The number of rotatable bonds is 9. The number of hydrogen-bond acceptors (Lipinski definition) is 4. The zero-order valence-electron chi connectivity index (χ0n) is 15.8. The number of aromatic nitrogens is 2. The molecule has 6 nitrogen and oxygen atoms in total. The van der Waals surface area contributed by atoms with Crippen LogP contribution >= 0.6 is 0 Å². The van der Waals surface area contributed by atoms with E-state index in [4.69, 9.17) is 4.74 Å². The highest BCUT2D eigenvalue weighted by molar-refractivity contribution is 5.96. The maximum atomic E-state index is 15.0. The molecule has 26 heavy (non-hydrogen) atoms. The largest absolute Gasteiger partial charge is 0.383 e. The molecule has 0 aliphatic carbocycles. The smallest absolute Gasteiger partial charge is 0.266 e. The van der Waals surface area contributed by atoms with Gasteiger partial charge < -0.3 is 15.0 Å². The Bertz CT molecular complexity index is 718. The number of alkyl halides is 1. The number of methoxy groups -OCH3 is 1. The second-order valence-corrected chi connectivity index (χ2v) is 6.15. The normalized spacial score (nSPS) is 12.2. The molecule has 0 bridgehead atoms. The Kier molecular flexibility index (Phi) is 7.29. The number of benzene rings is 1. The molecule has 142 valence electrons. The molecule has 0 saturated heterocycles. The lowest BCUT2D eigenvalue weighted by molar-refractivity contribution is -0.123. The standard InChI is InChI=1S/C19H27FN4O2/c1-14-17(15(2)24(22-14)12-10-21-11-13-26-4)18(20)19(25)23(3)16-8-6-5-7-9-16/h5-9,18,21H,10-13H2,1-4H3.